The lowest BCUT2D eigenvalue weighted by atomic mass is 10.2. The first-order valence-corrected chi connectivity index (χ1v) is 8.64. The minimum atomic E-state index is 0.265. The van der Waals surface area contributed by atoms with Crippen LogP contribution >= 0.6 is 22.7 Å². The number of benzene rings is 1. The Balaban J connectivity index is 1.80. The molecule has 6 heteroatoms. The van der Waals surface area contributed by atoms with Gasteiger partial charge in [-0.2, -0.15) is 0 Å². The Morgan fingerprint density at radius 1 is 1.18 bits per heavy atom. The SMILES string of the molecule is CCCc1nnc(N=Cc2cc(-c3ccccc3)sc2O)s1. The summed E-state index contributed by atoms with van der Waals surface area (Å²) in [5, 5.41) is 20.1. The number of aromatic hydroxyl groups is 1. The zero-order chi connectivity index (χ0) is 15.4. The van der Waals surface area contributed by atoms with Gasteiger partial charge in [-0.05, 0) is 18.1 Å². The van der Waals surface area contributed by atoms with Gasteiger partial charge in [-0.3, -0.25) is 0 Å². The van der Waals surface area contributed by atoms with E-state index in [1.165, 1.54) is 22.7 Å². The highest BCUT2D eigenvalue weighted by atomic mass is 32.1. The van der Waals surface area contributed by atoms with E-state index in [2.05, 4.69) is 22.1 Å². The van der Waals surface area contributed by atoms with Crippen LogP contribution in [0.15, 0.2) is 41.4 Å². The summed E-state index contributed by atoms with van der Waals surface area (Å²) >= 11 is 2.83. The van der Waals surface area contributed by atoms with E-state index in [-0.39, 0.29) is 5.06 Å². The second-order valence-electron chi connectivity index (χ2n) is 4.72. The molecular formula is C16H15N3OS2. The third-order valence-corrected chi connectivity index (χ3v) is 4.93. The van der Waals surface area contributed by atoms with Gasteiger partial charge >= 0.3 is 0 Å². The highest BCUT2D eigenvalue weighted by molar-refractivity contribution is 7.17. The summed E-state index contributed by atoms with van der Waals surface area (Å²) in [6.07, 6.45) is 3.62. The fourth-order valence-corrected chi connectivity index (χ4v) is 3.63. The van der Waals surface area contributed by atoms with Crippen molar-refractivity contribution in [3.05, 3.63) is 47.0 Å². The molecule has 4 nitrogen and oxygen atoms in total. The summed E-state index contributed by atoms with van der Waals surface area (Å²) in [5.74, 6) is 0. The molecule has 0 saturated heterocycles. The number of aryl methyl sites for hydroxylation is 1. The molecule has 3 aromatic rings. The average molecular weight is 329 g/mol. The Labute approximate surface area is 136 Å². The number of aromatic nitrogens is 2. The minimum Gasteiger partial charge on any atom is -0.499 e. The smallest absolute Gasteiger partial charge is 0.231 e. The maximum Gasteiger partial charge on any atom is 0.231 e. The van der Waals surface area contributed by atoms with Crippen LogP contribution in [0.25, 0.3) is 10.4 Å². The molecule has 22 heavy (non-hydrogen) atoms. The predicted molar refractivity (Wildman–Crippen MR) is 92.6 cm³/mol. The van der Waals surface area contributed by atoms with Crippen LogP contribution in [0.4, 0.5) is 5.13 Å². The van der Waals surface area contributed by atoms with Crippen molar-refractivity contribution in [3.8, 4) is 15.5 Å². The van der Waals surface area contributed by atoms with E-state index in [4.69, 9.17) is 0 Å². The van der Waals surface area contributed by atoms with Gasteiger partial charge < -0.3 is 5.11 Å². The topological polar surface area (TPSA) is 58.4 Å². The molecule has 0 bridgehead atoms. The molecule has 0 aliphatic heterocycles. The van der Waals surface area contributed by atoms with Crippen LogP contribution in [0.5, 0.6) is 5.06 Å². The van der Waals surface area contributed by atoms with Crippen molar-refractivity contribution in [2.45, 2.75) is 19.8 Å². The molecule has 0 unspecified atom stereocenters. The summed E-state index contributed by atoms with van der Waals surface area (Å²) in [4.78, 5) is 5.33. The van der Waals surface area contributed by atoms with Gasteiger partial charge in [-0.25, -0.2) is 4.99 Å². The zero-order valence-corrected chi connectivity index (χ0v) is 13.7. The van der Waals surface area contributed by atoms with Crippen molar-refractivity contribution in [3.63, 3.8) is 0 Å². The molecule has 2 aromatic heterocycles. The molecule has 0 atom stereocenters. The van der Waals surface area contributed by atoms with E-state index < -0.39 is 0 Å². The van der Waals surface area contributed by atoms with Gasteiger partial charge in [0.2, 0.25) is 5.13 Å². The van der Waals surface area contributed by atoms with Crippen LogP contribution in [-0.2, 0) is 6.42 Å². The van der Waals surface area contributed by atoms with Crippen molar-refractivity contribution in [1.29, 1.82) is 0 Å². The van der Waals surface area contributed by atoms with E-state index in [0.717, 1.165) is 28.3 Å². The first-order valence-electron chi connectivity index (χ1n) is 7.01. The quantitative estimate of drug-likeness (QED) is 0.692. The first-order chi connectivity index (χ1) is 10.8. The molecule has 0 amide bonds. The van der Waals surface area contributed by atoms with E-state index in [0.29, 0.717) is 10.7 Å². The summed E-state index contributed by atoms with van der Waals surface area (Å²) in [6.45, 7) is 2.11. The van der Waals surface area contributed by atoms with E-state index in [1.807, 2.05) is 36.4 Å². The molecule has 0 aliphatic rings. The second-order valence-corrected chi connectivity index (χ2v) is 6.79. The Hall–Kier alpha value is -2.05. The fourth-order valence-electron chi connectivity index (χ4n) is 1.97. The lowest BCUT2D eigenvalue weighted by molar-refractivity contribution is 0.490. The Bertz CT molecular complexity index is 778. The lowest BCUT2D eigenvalue weighted by Gasteiger charge is -1.93. The van der Waals surface area contributed by atoms with Crippen LogP contribution in [0.2, 0.25) is 0 Å². The van der Waals surface area contributed by atoms with Crippen LogP contribution in [0, 0.1) is 0 Å². The van der Waals surface area contributed by atoms with Gasteiger partial charge in [0.25, 0.3) is 0 Å². The Morgan fingerprint density at radius 3 is 2.77 bits per heavy atom. The predicted octanol–water partition coefficient (Wildman–Crippen LogP) is 4.68. The number of rotatable bonds is 5. The maximum absolute atomic E-state index is 10.1. The number of aliphatic imine (C=N–C) groups is 1. The molecule has 0 fully saturated rings. The van der Waals surface area contributed by atoms with E-state index in [9.17, 15) is 5.11 Å². The molecule has 0 saturated carbocycles. The molecule has 2 heterocycles. The number of hydrogen-bond donors (Lipinski definition) is 1. The van der Waals surface area contributed by atoms with Gasteiger partial charge in [0, 0.05) is 23.1 Å². The third-order valence-electron chi connectivity index (χ3n) is 3.03. The minimum absolute atomic E-state index is 0.265. The molecule has 1 N–H and O–H groups in total. The molecule has 0 aliphatic carbocycles. The molecule has 0 radical (unpaired) electrons. The largest absolute Gasteiger partial charge is 0.499 e. The number of thiophene rings is 1. The number of hydrogen-bond acceptors (Lipinski definition) is 6. The Morgan fingerprint density at radius 2 is 2.00 bits per heavy atom. The highest BCUT2D eigenvalue weighted by Crippen LogP contribution is 2.35. The van der Waals surface area contributed by atoms with Crippen molar-refractivity contribution in [1.82, 2.24) is 10.2 Å². The average Bonchev–Trinajstić information content (AvgIpc) is 3.13. The van der Waals surface area contributed by atoms with Crippen LogP contribution in [0.1, 0.15) is 23.9 Å². The number of nitrogens with zero attached hydrogens (tertiary/aromatic N) is 3. The van der Waals surface area contributed by atoms with Gasteiger partial charge in [-0.1, -0.05) is 59.9 Å². The summed E-state index contributed by atoms with van der Waals surface area (Å²) in [5.41, 5.74) is 1.79. The fraction of sp³-hybridized carbons (Fsp3) is 0.188. The van der Waals surface area contributed by atoms with Crippen LogP contribution in [-0.4, -0.2) is 21.5 Å². The Kier molecular flexibility index (Phi) is 4.60. The van der Waals surface area contributed by atoms with Crippen molar-refractivity contribution in [2.24, 2.45) is 4.99 Å². The van der Waals surface area contributed by atoms with Crippen molar-refractivity contribution >= 4 is 34.0 Å². The second kappa shape index (κ2) is 6.81. The molecule has 1 aromatic carbocycles. The normalized spacial score (nSPS) is 11.3. The van der Waals surface area contributed by atoms with Gasteiger partial charge in [0.1, 0.15) is 5.01 Å². The van der Waals surface area contributed by atoms with Gasteiger partial charge in [0.05, 0.1) is 0 Å². The van der Waals surface area contributed by atoms with Crippen molar-refractivity contribution in [2.75, 3.05) is 0 Å². The maximum atomic E-state index is 10.1. The molecular weight excluding hydrogens is 314 g/mol. The summed E-state index contributed by atoms with van der Waals surface area (Å²) in [7, 11) is 0. The standard InChI is InChI=1S/C16H15N3OS2/c1-2-6-14-18-19-16(22-14)17-10-12-9-13(21-15(12)20)11-7-4-3-5-8-11/h3-5,7-10,20H,2,6H2,1H3. The van der Waals surface area contributed by atoms with Gasteiger partial charge in [-0.15, -0.1) is 10.2 Å². The molecule has 112 valence electrons. The van der Waals surface area contributed by atoms with Crippen molar-refractivity contribution < 1.29 is 5.11 Å². The molecule has 3 rings (SSSR count). The third kappa shape index (κ3) is 3.40. The monoisotopic (exact) mass is 329 g/mol. The lowest BCUT2D eigenvalue weighted by Crippen LogP contribution is -1.79. The molecule has 0 spiro atoms. The summed E-state index contributed by atoms with van der Waals surface area (Å²) < 4.78 is 0. The van der Waals surface area contributed by atoms with E-state index in [1.54, 1.807) is 6.21 Å². The highest BCUT2D eigenvalue weighted by Gasteiger charge is 2.08. The first kappa shape index (κ1) is 14.9. The summed E-state index contributed by atoms with van der Waals surface area (Å²) in [6, 6.07) is 11.9. The van der Waals surface area contributed by atoms with Crippen LogP contribution in [0.3, 0.4) is 0 Å². The van der Waals surface area contributed by atoms with Crippen LogP contribution < -0.4 is 0 Å². The zero-order valence-electron chi connectivity index (χ0n) is 12.1. The van der Waals surface area contributed by atoms with Gasteiger partial charge in [0.15, 0.2) is 5.06 Å². The van der Waals surface area contributed by atoms with E-state index >= 15 is 0 Å².